The highest BCUT2D eigenvalue weighted by molar-refractivity contribution is 5.67. The second-order valence-electron chi connectivity index (χ2n) is 4.36. The highest BCUT2D eigenvalue weighted by Crippen LogP contribution is 2.40. The van der Waals surface area contributed by atoms with Gasteiger partial charge in [0, 0.05) is 24.5 Å². The molecular weight excluding hydrogens is 256 g/mol. The molecule has 2 rings (SSSR count). The van der Waals surface area contributed by atoms with Crippen LogP contribution in [0.3, 0.4) is 0 Å². The number of aryl methyl sites for hydroxylation is 1. The molecule has 0 atom stereocenters. The zero-order valence-corrected chi connectivity index (χ0v) is 12.3. The van der Waals surface area contributed by atoms with Crippen molar-refractivity contribution in [2.45, 2.75) is 19.9 Å². The molecule has 0 saturated heterocycles. The number of aromatic nitrogens is 2. The lowest BCUT2D eigenvalue weighted by Crippen LogP contribution is -2.00. The van der Waals surface area contributed by atoms with Crippen LogP contribution in [0.4, 0.5) is 0 Å². The van der Waals surface area contributed by atoms with E-state index in [1.165, 1.54) is 0 Å². The Morgan fingerprint density at radius 1 is 1.05 bits per heavy atom. The Hall–Kier alpha value is -2.17. The largest absolute Gasteiger partial charge is 0.493 e. The quantitative estimate of drug-likeness (QED) is 0.813. The Labute approximate surface area is 119 Å². The Bertz CT molecular complexity index is 553. The maximum atomic E-state index is 5.38. The lowest BCUT2D eigenvalue weighted by atomic mass is 10.1. The van der Waals surface area contributed by atoms with E-state index in [-0.39, 0.29) is 0 Å². The van der Waals surface area contributed by atoms with Crippen molar-refractivity contribution < 1.29 is 14.2 Å². The van der Waals surface area contributed by atoms with E-state index >= 15 is 0 Å². The molecule has 0 N–H and O–H groups in total. The Kier molecular flexibility index (Phi) is 4.50. The van der Waals surface area contributed by atoms with Crippen molar-refractivity contribution in [2.24, 2.45) is 0 Å². The van der Waals surface area contributed by atoms with Crippen LogP contribution in [-0.4, -0.2) is 30.9 Å². The van der Waals surface area contributed by atoms with Gasteiger partial charge in [-0.3, -0.25) is 0 Å². The normalized spacial score (nSPS) is 10.4. The Morgan fingerprint density at radius 2 is 1.70 bits per heavy atom. The first-order chi connectivity index (χ1) is 9.74. The molecule has 0 aliphatic carbocycles. The molecule has 0 amide bonds. The second-order valence-corrected chi connectivity index (χ2v) is 4.36. The fraction of sp³-hybridized carbons (Fsp3) is 0.400. The van der Waals surface area contributed by atoms with Crippen molar-refractivity contribution in [3.8, 4) is 28.6 Å². The van der Waals surface area contributed by atoms with Gasteiger partial charge in [0.05, 0.1) is 21.3 Å². The third-order valence-corrected chi connectivity index (χ3v) is 3.10. The zero-order chi connectivity index (χ0) is 14.5. The number of rotatable bonds is 6. The molecule has 1 aromatic carbocycles. The van der Waals surface area contributed by atoms with Crippen LogP contribution < -0.4 is 14.2 Å². The number of imidazole rings is 1. The molecular formula is C15H20N2O3. The van der Waals surface area contributed by atoms with Crippen LogP contribution in [0.5, 0.6) is 17.2 Å². The first kappa shape index (κ1) is 14.2. The summed E-state index contributed by atoms with van der Waals surface area (Å²) in [6.45, 7) is 3.06. The SMILES string of the molecule is CCCn1ccnc1-c1cc(OC)c(OC)c(OC)c1. The summed E-state index contributed by atoms with van der Waals surface area (Å²) in [5, 5.41) is 0. The predicted octanol–water partition coefficient (Wildman–Crippen LogP) is 2.99. The van der Waals surface area contributed by atoms with Gasteiger partial charge in [-0.25, -0.2) is 4.98 Å². The van der Waals surface area contributed by atoms with Crippen LogP contribution in [0.1, 0.15) is 13.3 Å². The van der Waals surface area contributed by atoms with Crippen molar-refractivity contribution in [1.29, 1.82) is 0 Å². The minimum absolute atomic E-state index is 0.590. The lowest BCUT2D eigenvalue weighted by Gasteiger charge is -2.14. The molecule has 5 nitrogen and oxygen atoms in total. The molecule has 5 heteroatoms. The molecule has 1 aromatic heterocycles. The van der Waals surface area contributed by atoms with Gasteiger partial charge in [-0.1, -0.05) is 6.92 Å². The van der Waals surface area contributed by atoms with Crippen LogP contribution in [0, 0.1) is 0 Å². The summed E-state index contributed by atoms with van der Waals surface area (Å²) in [6.07, 6.45) is 4.82. The maximum absolute atomic E-state index is 5.38. The van der Waals surface area contributed by atoms with E-state index in [1.807, 2.05) is 18.3 Å². The Balaban J connectivity index is 2.54. The molecule has 0 saturated carbocycles. The number of ether oxygens (including phenoxy) is 3. The van der Waals surface area contributed by atoms with Crippen molar-refractivity contribution in [1.82, 2.24) is 9.55 Å². The maximum Gasteiger partial charge on any atom is 0.203 e. The third kappa shape index (κ3) is 2.57. The summed E-state index contributed by atoms with van der Waals surface area (Å²) in [5.74, 6) is 2.75. The van der Waals surface area contributed by atoms with Crippen LogP contribution in [0.2, 0.25) is 0 Å². The molecule has 0 radical (unpaired) electrons. The number of hydrogen-bond acceptors (Lipinski definition) is 4. The second kappa shape index (κ2) is 6.32. The topological polar surface area (TPSA) is 45.5 Å². The minimum Gasteiger partial charge on any atom is -0.493 e. The fourth-order valence-electron chi connectivity index (χ4n) is 2.20. The van der Waals surface area contributed by atoms with Crippen LogP contribution in [0.25, 0.3) is 11.4 Å². The number of nitrogens with zero attached hydrogens (tertiary/aromatic N) is 2. The predicted molar refractivity (Wildman–Crippen MR) is 77.6 cm³/mol. The van der Waals surface area contributed by atoms with Crippen LogP contribution in [0.15, 0.2) is 24.5 Å². The minimum atomic E-state index is 0.590. The fourth-order valence-corrected chi connectivity index (χ4v) is 2.20. The average molecular weight is 276 g/mol. The van der Waals surface area contributed by atoms with Gasteiger partial charge in [0.15, 0.2) is 11.5 Å². The molecule has 20 heavy (non-hydrogen) atoms. The summed E-state index contributed by atoms with van der Waals surface area (Å²) >= 11 is 0. The third-order valence-electron chi connectivity index (χ3n) is 3.10. The van der Waals surface area contributed by atoms with E-state index in [1.54, 1.807) is 27.5 Å². The standard InChI is InChI=1S/C15H20N2O3/c1-5-7-17-8-6-16-15(17)11-9-12(18-2)14(20-4)13(10-11)19-3/h6,8-10H,5,7H2,1-4H3. The van der Waals surface area contributed by atoms with Gasteiger partial charge in [-0.05, 0) is 18.6 Å². The molecule has 0 spiro atoms. The summed E-state index contributed by atoms with van der Waals surface area (Å²) in [5.41, 5.74) is 0.943. The molecule has 0 aliphatic rings. The van der Waals surface area contributed by atoms with Gasteiger partial charge in [0.1, 0.15) is 5.82 Å². The monoisotopic (exact) mass is 276 g/mol. The molecule has 0 bridgehead atoms. The van der Waals surface area contributed by atoms with Crippen LogP contribution in [-0.2, 0) is 6.54 Å². The Morgan fingerprint density at radius 3 is 2.20 bits per heavy atom. The smallest absolute Gasteiger partial charge is 0.203 e. The van der Waals surface area contributed by atoms with Crippen molar-refractivity contribution >= 4 is 0 Å². The summed E-state index contributed by atoms with van der Waals surface area (Å²) < 4.78 is 18.2. The van der Waals surface area contributed by atoms with Gasteiger partial charge in [-0.2, -0.15) is 0 Å². The van der Waals surface area contributed by atoms with E-state index < -0.39 is 0 Å². The van der Waals surface area contributed by atoms with Crippen molar-refractivity contribution in [3.05, 3.63) is 24.5 Å². The van der Waals surface area contributed by atoms with E-state index in [4.69, 9.17) is 14.2 Å². The van der Waals surface area contributed by atoms with E-state index in [0.29, 0.717) is 17.2 Å². The first-order valence-corrected chi connectivity index (χ1v) is 6.56. The highest BCUT2D eigenvalue weighted by atomic mass is 16.5. The summed E-state index contributed by atoms with van der Waals surface area (Å²) in [4.78, 5) is 4.42. The van der Waals surface area contributed by atoms with Crippen LogP contribution >= 0.6 is 0 Å². The summed E-state index contributed by atoms with van der Waals surface area (Å²) in [6, 6.07) is 3.83. The van der Waals surface area contributed by atoms with Gasteiger partial charge in [0.25, 0.3) is 0 Å². The van der Waals surface area contributed by atoms with E-state index in [0.717, 1.165) is 24.4 Å². The molecule has 0 unspecified atom stereocenters. The first-order valence-electron chi connectivity index (χ1n) is 6.56. The molecule has 2 aromatic rings. The molecule has 0 fully saturated rings. The van der Waals surface area contributed by atoms with Gasteiger partial charge >= 0.3 is 0 Å². The highest BCUT2D eigenvalue weighted by Gasteiger charge is 2.16. The van der Waals surface area contributed by atoms with Gasteiger partial charge in [-0.15, -0.1) is 0 Å². The molecule has 1 heterocycles. The van der Waals surface area contributed by atoms with Crippen molar-refractivity contribution in [3.63, 3.8) is 0 Å². The van der Waals surface area contributed by atoms with Gasteiger partial charge in [0.2, 0.25) is 5.75 Å². The number of methoxy groups -OCH3 is 3. The van der Waals surface area contributed by atoms with Gasteiger partial charge < -0.3 is 18.8 Å². The molecule has 108 valence electrons. The zero-order valence-electron chi connectivity index (χ0n) is 12.3. The van der Waals surface area contributed by atoms with Crippen molar-refractivity contribution in [2.75, 3.05) is 21.3 Å². The average Bonchev–Trinajstić information content (AvgIpc) is 2.94. The number of benzene rings is 1. The summed E-state index contributed by atoms with van der Waals surface area (Å²) in [7, 11) is 4.82. The van der Waals surface area contributed by atoms with E-state index in [9.17, 15) is 0 Å². The molecule has 0 aliphatic heterocycles. The number of hydrogen-bond donors (Lipinski definition) is 0. The lowest BCUT2D eigenvalue weighted by molar-refractivity contribution is 0.324. The van der Waals surface area contributed by atoms with E-state index in [2.05, 4.69) is 16.5 Å².